The van der Waals surface area contributed by atoms with Gasteiger partial charge in [0.1, 0.15) is 0 Å². The third-order valence-electron chi connectivity index (χ3n) is 4.08. The molecule has 0 atom stereocenters. The number of aromatic nitrogens is 2. The molecule has 122 valence electrons. The van der Waals surface area contributed by atoms with Gasteiger partial charge in [0.15, 0.2) is 0 Å². The topological polar surface area (TPSA) is 59.2 Å². The molecular formula is C17H20ClN3O2. The summed E-state index contributed by atoms with van der Waals surface area (Å²) in [6.07, 6.45) is 5.51. The van der Waals surface area contributed by atoms with E-state index in [-0.39, 0.29) is 5.91 Å². The number of carbonyl (C=O) groups is 1. The van der Waals surface area contributed by atoms with Gasteiger partial charge >= 0.3 is 0 Å². The van der Waals surface area contributed by atoms with Gasteiger partial charge in [0.25, 0.3) is 0 Å². The summed E-state index contributed by atoms with van der Waals surface area (Å²) in [5.41, 5.74) is 0.715. The fraction of sp³-hybridized carbons (Fsp3) is 0.471. The van der Waals surface area contributed by atoms with Crippen LogP contribution < -0.4 is 0 Å². The first kappa shape index (κ1) is 16.0. The van der Waals surface area contributed by atoms with Crippen molar-refractivity contribution in [2.24, 2.45) is 0 Å². The summed E-state index contributed by atoms with van der Waals surface area (Å²) in [6, 6.07) is 7.34. The summed E-state index contributed by atoms with van der Waals surface area (Å²) in [5, 5.41) is 8.62. The normalized spacial score (nSPS) is 15.4. The van der Waals surface area contributed by atoms with Crippen molar-refractivity contribution in [1.82, 2.24) is 15.1 Å². The number of rotatable bonds is 4. The van der Waals surface area contributed by atoms with Gasteiger partial charge in [0, 0.05) is 25.9 Å². The Morgan fingerprint density at radius 1 is 1.13 bits per heavy atom. The summed E-state index contributed by atoms with van der Waals surface area (Å²) in [5.74, 6) is 1.04. The van der Waals surface area contributed by atoms with Crippen LogP contribution in [0.25, 0.3) is 11.5 Å². The zero-order valence-electron chi connectivity index (χ0n) is 13.0. The number of benzene rings is 1. The van der Waals surface area contributed by atoms with E-state index in [1.807, 2.05) is 23.1 Å². The number of nitrogens with zero attached hydrogens (tertiary/aromatic N) is 3. The molecule has 0 radical (unpaired) electrons. The number of likely N-dealkylation sites (tertiary alicyclic amines) is 1. The van der Waals surface area contributed by atoms with Crippen LogP contribution in [0.4, 0.5) is 0 Å². The summed E-state index contributed by atoms with van der Waals surface area (Å²) in [7, 11) is 0. The highest BCUT2D eigenvalue weighted by atomic mass is 35.5. The van der Waals surface area contributed by atoms with Crippen molar-refractivity contribution in [3.8, 4) is 11.5 Å². The Kier molecular flexibility index (Phi) is 5.28. The van der Waals surface area contributed by atoms with Gasteiger partial charge < -0.3 is 9.32 Å². The zero-order chi connectivity index (χ0) is 16.1. The average molecular weight is 334 g/mol. The second-order valence-electron chi connectivity index (χ2n) is 5.78. The highest BCUT2D eigenvalue weighted by Crippen LogP contribution is 2.26. The molecule has 5 nitrogen and oxygen atoms in total. The molecule has 0 bridgehead atoms. The van der Waals surface area contributed by atoms with Crippen LogP contribution in [0.5, 0.6) is 0 Å². The first-order chi connectivity index (χ1) is 11.2. The Bertz CT molecular complexity index is 663. The van der Waals surface area contributed by atoms with E-state index in [4.69, 9.17) is 16.0 Å². The van der Waals surface area contributed by atoms with Crippen LogP contribution >= 0.6 is 11.6 Å². The molecule has 0 unspecified atom stereocenters. The van der Waals surface area contributed by atoms with Crippen LogP contribution in [-0.4, -0.2) is 34.1 Å². The molecule has 1 aliphatic heterocycles. The molecule has 0 spiro atoms. The first-order valence-electron chi connectivity index (χ1n) is 8.09. The minimum atomic E-state index is 0.171. The van der Waals surface area contributed by atoms with Gasteiger partial charge in [-0.3, -0.25) is 4.79 Å². The molecule has 2 aromatic rings. The van der Waals surface area contributed by atoms with Crippen molar-refractivity contribution < 1.29 is 9.21 Å². The van der Waals surface area contributed by atoms with Crippen LogP contribution in [0.15, 0.2) is 28.7 Å². The molecule has 23 heavy (non-hydrogen) atoms. The van der Waals surface area contributed by atoms with Crippen molar-refractivity contribution in [3.63, 3.8) is 0 Å². The molecule has 0 saturated carbocycles. The fourth-order valence-electron chi connectivity index (χ4n) is 2.79. The molecule has 1 amide bonds. The van der Waals surface area contributed by atoms with Gasteiger partial charge in [0.05, 0.1) is 10.6 Å². The Balaban J connectivity index is 1.59. The molecule has 0 N–H and O–H groups in total. The Hall–Kier alpha value is -1.88. The van der Waals surface area contributed by atoms with Gasteiger partial charge in [-0.2, -0.15) is 0 Å². The van der Waals surface area contributed by atoms with Gasteiger partial charge in [-0.25, -0.2) is 0 Å². The quantitative estimate of drug-likeness (QED) is 0.855. The van der Waals surface area contributed by atoms with E-state index in [0.29, 0.717) is 35.2 Å². The van der Waals surface area contributed by atoms with Crippen molar-refractivity contribution in [2.45, 2.75) is 38.5 Å². The smallest absolute Gasteiger partial charge is 0.249 e. The second kappa shape index (κ2) is 7.59. The minimum Gasteiger partial charge on any atom is -0.421 e. The fourth-order valence-corrected chi connectivity index (χ4v) is 3.01. The van der Waals surface area contributed by atoms with E-state index in [2.05, 4.69) is 10.2 Å². The van der Waals surface area contributed by atoms with Gasteiger partial charge in [-0.1, -0.05) is 36.6 Å². The number of halogens is 1. The number of carbonyl (C=O) groups excluding carboxylic acids is 1. The summed E-state index contributed by atoms with van der Waals surface area (Å²) in [4.78, 5) is 14.2. The van der Waals surface area contributed by atoms with Crippen LogP contribution in [-0.2, 0) is 11.2 Å². The summed E-state index contributed by atoms with van der Waals surface area (Å²) < 4.78 is 5.64. The lowest BCUT2D eigenvalue weighted by Gasteiger charge is -2.19. The van der Waals surface area contributed by atoms with E-state index in [9.17, 15) is 4.79 Å². The molecule has 3 rings (SSSR count). The third kappa shape index (κ3) is 4.10. The van der Waals surface area contributed by atoms with E-state index < -0.39 is 0 Å². The van der Waals surface area contributed by atoms with E-state index in [0.717, 1.165) is 25.9 Å². The molecule has 0 aliphatic carbocycles. The van der Waals surface area contributed by atoms with E-state index in [1.165, 1.54) is 12.8 Å². The maximum atomic E-state index is 12.3. The van der Waals surface area contributed by atoms with Gasteiger partial charge in [-0.15, -0.1) is 10.2 Å². The average Bonchev–Trinajstić information content (AvgIpc) is 2.86. The highest BCUT2D eigenvalue weighted by molar-refractivity contribution is 6.33. The minimum absolute atomic E-state index is 0.171. The van der Waals surface area contributed by atoms with Crippen LogP contribution in [0.3, 0.4) is 0 Å². The van der Waals surface area contributed by atoms with Crippen LogP contribution in [0.2, 0.25) is 5.02 Å². The Labute approximate surface area is 140 Å². The SMILES string of the molecule is O=C(CCc1nnc(-c2ccccc2Cl)o1)N1CCCCCC1. The summed E-state index contributed by atoms with van der Waals surface area (Å²) >= 11 is 6.12. The van der Waals surface area contributed by atoms with Crippen molar-refractivity contribution >= 4 is 17.5 Å². The molecule has 1 saturated heterocycles. The standard InChI is InChI=1S/C17H20ClN3O2/c18-14-8-4-3-7-13(14)17-20-19-15(23-17)9-10-16(22)21-11-5-1-2-6-12-21/h3-4,7-8H,1-2,5-6,9-12H2. The highest BCUT2D eigenvalue weighted by Gasteiger charge is 2.17. The number of hydrogen-bond donors (Lipinski definition) is 0. The third-order valence-corrected chi connectivity index (χ3v) is 4.41. The molecule has 1 aromatic carbocycles. The molecule has 6 heteroatoms. The molecule has 1 fully saturated rings. The van der Waals surface area contributed by atoms with Crippen LogP contribution in [0.1, 0.15) is 38.0 Å². The largest absolute Gasteiger partial charge is 0.421 e. The lowest BCUT2D eigenvalue weighted by atomic mass is 10.2. The van der Waals surface area contributed by atoms with Gasteiger partial charge in [0.2, 0.25) is 17.7 Å². The van der Waals surface area contributed by atoms with Gasteiger partial charge in [-0.05, 0) is 25.0 Å². The maximum Gasteiger partial charge on any atom is 0.249 e. The number of aryl methyl sites for hydroxylation is 1. The number of hydrogen-bond acceptors (Lipinski definition) is 4. The monoisotopic (exact) mass is 333 g/mol. The lowest BCUT2D eigenvalue weighted by Crippen LogP contribution is -2.31. The van der Waals surface area contributed by atoms with Crippen molar-refractivity contribution in [3.05, 3.63) is 35.2 Å². The summed E-state index contributed by atoms with van der Waals surface area (Å²) in [6.45, 7) is 1.74. The number of amides is 1. The van der Waals surface area contributed by atoms with Crippen LogP contribution in [0, 0.1) is 0 Å². The lowest BCUT2D eigenvalue weighted by molar-refractivity contribution is -0.131. The molecule has 1 aromatic heterocycles. The predicted molar refractivity (Wildman–Crippen MR) is 88.1 cm³/mol. The Morgan fingerprint density at radius 2 is 1.87 bits per heavy atom. The van der Waals surface area contributed by atoms with E-state index in [1.54, 1.807) is 6.07 Å². The Morgan fingerprint density at radius 3 is 2.61 bits per heavy atom. The predicted octanol–water partition coefficient (Wildman–Crippen LogP) is 3.73. The van der Waals surface area contributed by atoms with Crippen molar-refractivity contribution in [1.29, 1.82) is 0 Å². The molecular weight excluding hydrogens is 314 g/mol. The second-order valence-corrected chi connectivity index (χ2v) is 6.18. The maximum absolute atomic E-state index is 12.3. The zero-order valence-corrected chi connectivity index (χ0v) is 13.8. The first-order valence-corrected chi connectivity index (χ1v) is 8.47. The van der Waals surface area contributed by atoms with Crippen molar-refractivity contribution in [2.75, 3.05) is 13.1 Å². The van der Waals surface area contributed by atoms with E-state index >= 15 is 0 Å². The molecule has 2 heterocycles. The molecule has 1 aliphatic rings.